The molecule has 4 heteroatoms. The minimum Gasteiger partial charge on any atom is -0.249 e. The second-order valence-electron chi connectivity index (χ2n) is 3.52. The van der Waals surface area contributed by atoms with Crippen LogP contribution >= 0.6 is 0 Å². The van der Waals surface area contributed by atoms with E-state index in [9.17, 15) is 8.42 Å². The Kier molecular flexibility index (Phi) is 2.83. The standard InChI is InChI=1S/C12H13NO2S/c1-2-11-5-7-12(8-6-11)16(14,15)13-9-3-4-10-13/h3-10H,2H2,1H3. The van der Waals surface area contributed by atoms with Crippen LogP contribution in [-0.4, -0.2) is 12.4 Å². The van der Waals surface area contributed by atoms with E-state index >= 15 is 0 Å². The first-order chi connectivity index (χ1) is 7.64. The van der Waals surface area contributed by atoms with E-state index < -0.39 is 10.0 Å². The Labute approximate surface area is 95.4 Å². The van der Waals surface area contributed by atoms with Gasteiger partial charge in [-0.1, -0.05) is 19.1 Å². The molecule has 3 nitrogen and oxygen atoms in total. The third-order valence-electron chi connectivity index (χ3n) is 2.48. The molecule has 2 aromatic rings. The summed E-state index contributed by atoms with van der Waals surface area (Å²) >= 11 is 0. The van der Waals surface area contributed by atoms with Crippen LogP contribution in [0.2, 0.25) is 0 Å². The topological polar surface area (TPSA) is 39.1 Å². The molecule has 0 aliphatic heterocycles. The summed E-state index contributed by atoms with van der Waals surface area (Å²) in [5, 5.41) is 0. The summed E-state index contributed by atoms with van der Waals surface area (Å²) in [6.45, 7) is 2.04. The second kappa shape index (κ2) is 4.14. The van der Waals surface area contributed by atoms with Gasteiger partial charge in [-0.15, -0.1) is 0 Å². The van der Waals surface area contributed by atoms with E-state index in [1.165, 1.54) is 16.4 Å². The number of benzene rings is 1. The molecule has 2 rings (SSSR count). The van der Waals surface area contributed by atoms with Crippen LogP contribution in [0.25, 0.3) is 0 Å². The molecule has 0 radical (unpaired) electrons. The van der Waals surface area contributed by atoms with E-state index in [4.69, 9.17) is 0 Å². The normalized spacial score (nSPS) is 11.6. The van der Waals surface area contributed by atoms with Crippen molar-refractivity contribution in [1.29, 1.82) is 0 Å². The monoisotopic (exact) mass is 235 g/mol. The van der Waals surface area contributed by atoms with Crippen LogP contribution in [0.5, 0.6) is 0 Å². The highest BCUT2D eigenvalue weighted by Crippen LogP contribution is 2.14. The first kappa shape index (κ1) is 11.0. The molecule has 0 unspecified atom stereocenters. The quantitative estimate of drug-likeness (QED) is 0.818. The largest absolute Gasteiger partial charge is 0.267 e. The zero-order chi connectivity index (χ0) is 11.6. The van der Waals surface area contributed by atoms with E-state index in [-0.39, 0.29) is 0 Å². The van der Waals surface area contributed by atoms with Crippen molar-refractivity contribution in [3.63, 3.8) is 0 Å². The first-order valence-electron chi connectivity index (χ1n) is 5.12. The summed E-state index contributed by atoms with van der Waals surface area (Å²) in [5.41, 5.74) is 1.13. The van der Waals surface area contributed by atoms with Crippen molar-refractivity contribution < 1.29 is 8.42 Å². The first-order valence-corrected chi connectivity index (χ1v) is 6.56. The molecule has 1 aromatic carbocycles. The number of rotatable bonds is 3. The van der Waals surface area contributed by atoms with Crippen LogP contribution in [-0.2, 0) is 16.4 Å². The van der Waals surface area contributed by atoms with E-state index in [1.807, 2.05) is 19.1 Å². The van der Waals surface area contributed by atoms with Crippen molar-refractivity contribution in [2.24, 2.45) is 0 Å². The van der Waals surface area contributed by atoms with Gasteiger partial charge in [0.25, 0.3) is 10.0 Å². The SMILES string of the molecule is CCc1ccc(S(=O)(=O)n2cccc2)cc1. The molecule has 0 amide bonds. The minimum atomic E-state index is -3.40. The fourth-order valence-electron chi connectivity index (χ4n) is 1.50. The number of nitrogens with zero attached hydrogens (tertiary/aromatic N) is 1. The van der Waals surface area contributed by atoms with Crippen molar-refractivity contribution in [2.45, 2.75) is 18.2 Å². The predicted octanol–water partition coefficient (Wildman–Crippen LogP) is 2.29. The third kappa shape index (κ3) is 1.88. The predicted molar refractivity (Wildman–Crippen MR) is 62.8 cm³/mol. The van der Waals surface area contributed by atoms with Gasteiger partial charge < -0.3 is 0 Å². The zero-order valence-electron chi connectivity index (χ0n) is 9.00. The lowest BCUT2D eigenvalue weighted by Crippen LogP contribution is -2.10. The van der Waals surface area contributed by atoms with Crippen LogP contribution in [0.15, 0.2) is 53.7 Å². The fraction of sp³-hybridized carbons (Fsp3) is 0.167. The average molecular weight is 235 g/mol. The highest BCUT2D eigenvalue weighted by Gasteiger charge is 2.14. The van der Waals surface area contributed by atoms with Crippen LogP contribution < -0.4 is 0 Å². The minimum absolute atomic E-state index is 0.320. The van der Waals surface area contributed by atoms with Gasteiger partial charge >= 0.3 is 0 Å². The molecular weight excluding hydrogens is 222 g/mol. The summed E-state index contributed by atoms with van der Waals surface area (Å²) in [7, 11) is -3.40. The van der Waals surface area contributed by atoms with Gasteiger partial charge in [0.15, 0.2) is 0 Å². The molecule has 0 aliphatic rings. The maximum absolute atomic E-state index is 12.1. The summed E-state index contributed by atoms with van der Waals surface area (Å²) < 4.78 is 25.3. The van der Waals surface area contributed by atoms with Crippen LogP contribution in [0.1, 0.15) is 12.5 Å². The Hall–Kier alpha value is -1.55. The fourth-order valence-corrected chi connectivity index (χ4v) is 2.68. The van der Waals surface area contributed by atoms with Gasteiger partial charge in [0, 0.05) is 12.4 Å². The number of aryl methyl sites for hydroxylation is 1. The van der Waals surface area contributed by atoms with Crippen molar-refractivity contribution in [3.8, 4) is 0 Å². The van der Waals surface area contributed by atoms with Gasteiger partial charge in [0.1, 0.15) is 0 Å². The van der Waals surface area contributed by atoms with Gasteiger partial charge in [-0.25, -0.2) is 12.4 Å². The highest BCUT2D eigenvalue weighted by molar-refractivity contribution is 7.90. The van der Waals surface area contributed by atoms with E-state index in [0.29, 0.717) is 4.90 Å². The van der Waals surface area contributed by atoms with Crippen molar-refractivity contribution in [2.75, 3.05) is 0 Å². The van der Waals surface area contributed by atoms with Crippen molar-refractivity contribution >= 4 is 10.0 Å². The number of hydrogen-bond acceptors (Lipinski definition) is 2. The highest BCUT2D eigenvalue weighted by atomic mass is 32.2. The Morgan fingerprint density at radius 3 is 2.12 bits per heavy atom. The molecule has 1 heterocycles. The smallest absolute Gasteiger partial charge is 0.249 e. The van der Waals surface area contributed by atoms with Gasteiger partial charge in [0.05, 0.1) is 4.90 Å². The molecule has 0 bridgehead atoms. The summed E-state index contributed by atoms with van der Waals surface area (Å²) in [6.07, 6.45) is 3.97. The molecular formula is C12H13NO2S. The van der Waals surface area contributed by atoms with E-state index in [2.05, 4.69) is 0 Å². The molecule has 16 heavy (non-hydrogen) atoms. The Morgan fingerprint density at radius 1 is 1.06 bits per heavy atom. The van der Waals surface area contributed by atoms with Gasteiger partial charge in [-0.05, 0) is 36.2 Å². The van der Waals surface area contributed by atoms with E-state index in [1.54, 1.807) is 24.3 Å². The summed E-state index contributed by atoms with van der Waals surface area (Å²) in [4.78, 5) is 0.320. The lowest BCUT2D eigenvalue weighted by molar-refractivity contribution is 0.587. The van der Waals surface area contributed by atoms with Gasteiger partial charge in [-0.2, -0.15) is 0 Å². The third-order valence-corrected chi connectivity index (χ3v) is 4.15. The maximum Gasteiger partial charge on any atom is 0.267 e. The number of hydrogen-bond donors (Lipinski definition) is 0. The average Bonchev–Trinajstić information content (AvgIpc) is 2.83. The van der Waals surface area contributed by atoms with Crippen molar-refractivity contribution in [1.82, 2.24) is 3.97 Å². The molecule has 0 spiro atoms. The van der Waals surface area contributed by atoms with Crippen molar-refractivity contribution in [3.05, 3.63) is 54.4 Å². The van der Waals surface area contributed by atoms with Crippen LogP contribution in [0, 0.1) is 0 Å². The van der Waals surface area contributed by atoms with Gasteiger partial charge in [-0.3, -0.25) is 0 Å². The molecule has 84 valence electrons. The summed E-state index contributed by atoms with van der Waals surface area (Å²) in [5.74, 6) is 0. The van der Waals surface area contributed by atoms with Crippen LogP contribution in [0.3, 0.4) is 0 Å². The second-order valence-corrected chi connectivity index (χ2v) is 5.36. The Balaban J connectivity index is 2.44. The Morgan fingerprint density at radius 2 is 1.62 bits per heavy atom. The lowest BCUT2D eigenvalue weighted by Gasteiger charge is -2.05. The summed E-state index contributed by atoms with van der Waals surface area (Å²) in [6, 6.07) is 10.4. The van der Waals surface area contributed by atoms with E-state index in [0.717, 1.165) is 12.0 Å². The molecule has 0 N–H and O–H groups in total. The zero-order valence-corrected chi connectivity index (χ0v) is 9.81. The van der Waals surface area contributed by atoms with Gasteiger partial charge in [0.2, 0.25) is 0 Å². The molecule has 0 aliphatic carbocycles. The number of aromatic nitrogens is 1. The molecule has 0 fully saturated rings. The molecule has 0 saturated heterocycles. The van der Waals surface area contributed by atoms with Crippen LogP contribution in [0.4, 0.5) is 0 Å². The Bertz CT molecular complexity index is 554. The maximum atomic E-state index is 12.1. The molecule has 0 atom stereocenters. The lowest BCUT2D eigenvalue weighted by atomic mass is 10.2. The molecule has 0 saturated carbocycles. The molecule has 1 aromatic heterocycles.